The molecule has 2 rings (SSSR count). The lowest BCUT2D eigenvalue weighted by atomic mass is 9.89. The average molecular weight is 301 g/mol. The number of likely N-dealkylation sites (N-methyl/N-ethyl adjacent to an activating group) is 1. The van der Waals surface area contributed by atoms with Crippen LogP contribution in [0.3, 0.4) is 0 Å². The van der Waals surface area contributed by atoms with Gasteiger partial charge in [0.1, 0.15) is 0 Å². The van der Waals surface area contributed by atoms with E-state index in [2.05, 4.69) is 0 Å². The number of cyclic esters (lactones) is 1. The first-order valence-electron chi connectivity index (χ1n) is 6.74. The van der Waals surface area contributed by atoms with E-state index < -0.39 is 29.5 Å². The topological polar surface area (TPSA) is 29.5 Å². The quantitative estimate of drug-likeness (QED) is 0.815. The summed E-state index contributed by atoms with van der Waals surface area (Å²) in [6, 6.07) is 3.78. The first-order valence-corrected chi connectivity index (χ1v) is 6.74. The molecule has 0 bridgehead atoms. The van der Waals surface area contributed by atoms with Gasteiger partial charge in [0, 0.05) is 6.54 Å². The second kappa shape index (κ2) is 4.93. The summed E-state index contributed by atoms with van der Waals surface area (Å²) in [6.45, 7) is 7.44. The molecule has 6 heteroatoms. The van der Waals surface area contributed by atoms with E-state index in [9.17, 15) is 18.0 Å². The summed E-state index contributed by atoms with van der Waals surface area (Å²) in [4.78, 5) is 13.4. The van der Waals surface area contributed by atoms with Crippen LogP contribution < -0.4 is 0 Å². The molecule has 0 N–H and O–H groups in total. The first kappa shape index (κ1) is 15.7. The third kappa shape index (κ3) is 2.71. The second-order valence-corrected chi connectivity index (χ2v) is 5.79. The molecule has 1 heterocycles. The SMILES string of the molecule is CCN1C(=O)OC(c2cc(C)cc(C(F)(F)F)c2)C1(C)C. The van der Waals surface area contributed by atoms with Crippen LogP contribution in [0.2, 0.25) is 0 Å². The monoisotopic (exact) mass is 301 g/mol. The third-order valence-electron chi connectivity index (χ3n) is 3.82. The maximum absolute atomic E-state index is 12.9. The zero-order valence-electron chi connectivity index (χ0n) is 12.4. The molecule has 1 fully saturated rings. The van der Waals surface area contributed by atoms with E-state index in [0.29, 0.717) is 17.7 Å². The third-order valence-corrected chi connectivity index (χ3v) is 3.82. The van der Waals surface area contributed by atoms with Gasteiger partial charge >= 0.3 is 12.3 Å². The molecular formula is C15H18F3NO2. The van der Waals surface area contributed by atoms with Gasteiger partial charge in [0.05, 0.1) is 11.1 Å². The van der Waals surface area contributed by atoms with Crippen molar-refractivity contribution >= 4 is 6.09 Å². The van der Waals surface area contributed by atoms with Gasteiger partial charge in [-0.3, -0.25) is 4.90 Å². The standard InChI is InChI=1S/C15H18F3NO2/c1-5-19-13(20)21-12(14(19,3)4)10-6-9(2)7-11(8-10)15(16,17)18/h6-8,12H,5H2,1-4H3. The lowest BCUT2D eigenvalue weighted by molar-refractivity contribution is -0.137. The smallest absolute Gasteiger partial charge is 0.416 e. The second-order valence-electron chi connectivity index (χ2n) is 5.79. The van der Waals surface area contributed by atoms with Crippen molar-refractivity contribution < 1.29 is 22.7 Å². The molecule has 1 aromatic carbocycles. The molecule has 1 aliphatic heterocycles. The normalized spacial score (nSPS) is 21.6. The Kier molecular flexibility index (Phi) is 3.68. The molecule has 3 nitrogen and oxygen atoms in total. The minimum atomic E-state index is -4.42. The van der Waals surface area contributed by atoms with Gasteiger partial charge in [0.15, 0.2) is 6.10 Å². The maximum atomic E-state index is 12.9. The zero-order valence-corrected chi connectivity index (χ0v) is 12.4. The molecule has 116 valence electrons. The summed E-state index contributed by atoms with van der Waals surface area (Å²) in [5, 5.41) is 0. The fourth-order valence-corrected chi connectivity index (χ4v) is 2.83. The van der Waals surface area contributed by atoms with Gasteiger partial charge in [-0.1, -0.05) is 11.6 Å². The Morgan fingerprint density at radius 2 is 1.90 bits per heavy atom. The van der Waals surface area contributed by atoms with Crippen LogP contribution in [0.1, 0.15) is 43.6 Å². The summed E-state index contributed by atoms with van der Waals surface area (Å²) in [5.74, 6) is 0. The minimum Gasteiger partial charge on any atom is -0.439 e. The number of aryl methyl sites for hydroxylation is 1. The number of hydrogen-bond acceptors (Lipinski definition) is 2. The van der Waals surface area contributed by atoms with Crippen LogP contribution in [0.4, 0.5) is 18.0 Å². The number of benzene rings is 1. The number of carbonyl (C=O) groups excluding carboxylic acids is 1. The van der Waals surface area contributed by atoms with Gasteiger partial charge in [-0.25, -0.2) is 4.79 Å². The first-order chi connectivity index (χ1) is 9.57. The summed E-state index contributed by atoms with van der Waals surface area (Å²) >= 11 is 0. The molecule has 1 atom stereocenters. The molecular weight excluding hydrogens is 283 g/mol. The van der Waals surface area contributed by atoms with Crippen molar-refractivity contribution in [1.82, 2.24) is 4.90 Å². The minimum absolute atomic E-state index is 0.372. The number of nitrogens with zero attached hydrogens (tertiary/aromatic N) is 1. The van der Waals surface area contributed by atoms with E-state index in [-0.39, 0.29) is 0 Å². The Morgan fingerprint density at radius 1 is 1.29 bits per heavy atom. The fourth-order valence-electron chi connectivity index (χ4n) is 2.83. The highest BCUT2D eigenvalue weighted by atomic mass is 19.4. The highest BCUT2D eigenvalue weighted by molar-refractivity contribution is 5.72. The molecule has 1 unspecified atom stereocenters. The Bertz CT molecular complexity index is 567. The fraction of sp³-hybridized carbons (Fsp3) is 0.533. The van der Waals surface area contributed by atoms with Gasteiger partial charge in [-0.15, -0.1) is 0 Å². The van der Waals surface area contributed by atoms with Crippen LogP contribution >= 0.6 is 0 Å². The largest absolute Gasteiger partial charge is 0.439 e. The van der Waals surface area contributed by atoms with Gasteiger partial charge in [0.25, 0.3) is 0 Å². The lowest BCUT2D eigenvalue weighted by Crippen LogP contribution is -2.42. The van der Waals surface area contributed by atoms with Crippen molar-refractivity contribution in [3.05, 3.63) is 34.9 Å². The Morgan fingerprint density at radius 3 is 2.38 bits per heavy atom. The number of alkyl halides is 3. The maximum Gasteiger partial charge on any atom is 0.416 e. The van der Waals surface area contributed by atoms with Crippen molar-refractivity contribution in [2.75, 3.05) is 6.54 Å². The summed E-state index contributed by atoms with van der Waals surface area (Å²) < 4.78 is 44.1. The predicted octanol–water partition coefficient (Wildman–Crippen LogP) is 4.31. The molecule has 0 radical (unpaired) electrons. The molecule has 0 saturated carbocycles. The Hall–Kier alpha value is -1.72. The van der Waals surface area contributed by atoms with Crippen LogP contribution in [-0.4, -0.2) is 23.1 Å². The number of amides is 1. The van der Waals surface area contributed by atoms with Crippen LogP contribution in [0.25, 0.3) is 0 Å². The van der Waals surface area contributed by atoms with Crippen molar-refractivity contribution in [1.29, 1.82) is 0 Å². The Labute approximate surface area is 121 Å². The molecule has 0 aromatic heterocycles. The molecule has 0 aliphatic carbocycles. The zero-order chi connectivity index (χ0) is 16.0. The molecule has 21 heavy (non-hydrogen) atoms. The summed E-state index contributed by atoms with van der Waals surface area (Å²) in [6.07, 6.45) is -5.63. The van der Waals surface area contributed by atoms with Crippen LogP contribution in [0, 0.1) is 6.92 Å². The van der Waals surface area contributed by atoms with Crippen LogP contribution in [-0.2, 0) is 10.9 Å². The number of halogens is 3. The highest BCUT2D eigenvalue weighted by Gasteiger charge is 2.48. The van der Waals surface area contributed by atoms with Gasteiger partial charge in [0.2, 0.25) is 0 Å². The van der Waals surface area contributed by atoms with E-state index in [1.54, 1.807) is 26.8 Å². The summed E-state index contributed by atoms with van der Waals surface area (Å²) in [5.41, 5.74) is -0.555. The highest BCUT2D eigenvalue weighted by Crippen LogP contribution is 2.42. The van der Waals surface area contributed by atoms with E-state index in [4.69, 9.17) is 4.74 Å². The lowest BCUT2D eigenvalue weighted by Gasteiger charge is -2.31. The summed E-state index contributed by atoms with van der Waals surface area (Å²) in [7, 11) is 0. The number of ether oxygens (including phenoxy) is 1. The number of hydrogen-bond donors (Lipinski definition) is 0. The number of carbonyl (C=O) groups is 1. The molecule has 1 aliphatic rings. The van der Waals surface area contributed by atoms with E-state index in [1.165, 1.54) is 4.90 Å². The molecule has 1 aromatic rings. The number of rotatable bonds is 2. The molecule has 1 amide bonds. The predicted molar refractivity (Wildman–Crippen MR) is 71.9 cm³/mol. The van der Waals surface area contributed by atoms with Gasteiger partial charge in [-0.2, -0.15) is 13.2 Å². The average Bonchev–Trinajstić information content (AvgIpc) is 2.57. The van der Waals surface area contributed by atoms with Gasteiger partial charge < -0.3 is 4.74 Å². The Balaban J connectivity index is 2.48. The van der Waals surface area contributed by atoms with Crippen molar-refractivity contribution in [3.8, 4) is 0 Å². The van der Waals surface area contributed by atoms with E-state index >= 15 is 0 Å². The van der Waals surface area contributed by atoms with Gasteiger partial charge in [-0.05, 0) is 45.4 Å². The van der Waals surface area contributed by atoms with Crippen molar-refractivity contribution in [2.45, 2.75) is 45.5 Å². The van der Waals surface area contributed by atoms with E-state index in [0.717, 1.165) is 12.1 Å². The molecule has 0 spiro atoms. The van der Waals surface area contributed by atoms with E-state index in [1.807, 2.05) is 6.92 Å². The van der Waals surface area contributed by atoms with Crippen molar-refractivity contribution in [3.63, 3.8) is 0 Å². The van der Waals surface area contributed by atoms with Crippen LogP contribution in [0.5, 0.6) is 0 Å². The molecule has 1 saturated heterocycles. The van der Waals surface area contributed by atoms with Crippen LogP contribution in [0.15, 0.2) is 18.2 Å². The van der Waals surface area contributed by atoms with Crippen molar-refractivity contribution in [2.24, 2.45) is 0 Å².